The van der Waals surface area contributed by atoms with Crippen LogP contribution in [0.3, 0.4) is 0 Å². The Morgan fingerprint density at radius 2 is 1.86 bits per heavy atom. The molecule has 0 aliphatic heterocycles. The van der Waals surface area contributed by atoms with Gasteiger partial charge in [-0.05, 0) is 61.0 Å². The number of pyridine rings is 1. The number of carbonyl (C=O) groups excluding carboxylic acids is 2. The van der Waals surface area contributed by atoms with E-state index in [0.29, 0.717) is 16.3 Å². The van der Waals surface area contributed by atoms with Crippen LogP contribution in [0, 0.1) is 6.92 Å². The first-order chi connectivity index (χ1) is 13.5. The molecule has 142 valence electrons. The number of benzene rings is 2. The fourth-order valence-electron chi connectivity index (χ4n) is 2.38. The number of aromatic nitrogens is 1. The van der Waals surface area contributed by atoms with Crippen molar-refractivity contribution in [1.82, 2.24) is 10.3 Å². The molecule has 0 aliphatic rings. The third kappa shape index (κ3) is 5.58. The second kappa shape index (κ2) is 9.39. The van der Waals surface area contributed by atoms with Gasteiger partial charge in [0.15, 0.2) is 0 Å². The van der Waals surface area contributed by atoms with E-state index in [4.69, 9.17) is 11.6 Å². The van der Waals surface area contributed by atoms with Gasteiger partial charge in [-0.15, -0.1) is 0 Å². The summed E-state index contributed by atoms with van der Waals surface area (Å²) in [6.45, 7) is 1.77. The Bertz CT molecular complexity index is 979. The zero-order chi connectivity index (χ0) is 19.9. The van der Waals surface area contributed by atoms with E-state index in [1.54, 1.807) is 30.5 Å². The lowest BCUT2D eigenvalue weighted by Crippen LogP contribution is -2.32. The minimum atomic E-state index is -0.346. The van der Waals surface area contributed by atoms with E-state index < -0.39 is 0 Å². The van der Waals surface area contributed by atoms with Crippen LogP contribution in [0.5, 0.6) is 0 Å². The zero-order valence-corrected chi connectivity index (χ0v) is 16.7. The van der Waals surface area contributed by atoms with Crippen molar-refractivity contribution in [2.45, 2.75) is 16.8 Å². The molecule has 7 heteroatoms. The van der Waals surface area contributed by atoms with Gasteiger partial charge in [0.1, 0.15) is 5.03 Å². The summed E-state index contributed by atoms with van der Waals surface area (Å²) in [6, 6.07) is 18.2. The Labute approximate surface area is 172 Å². The number of hydrogen-bond acceptors (Lipinski definition) is 4. The van der Waals surface area contributed by atoms with Crippen molar-refractivity contribution < 1.29 is 9.59 Å². The smallest absolute Gasteiger partial charge is 0.251 e. The van der Waals surface area contributed by atoms with Gasteiger partial charge in [0, 0.05) is 16.7 Å². The molecule has 3 rings (SSSR count). The molecule has 0 bridgehead atoms. The first-order valence-electron chi connectivity index (χ1n) is 8.54. The van der Waals surface area contributed by atoms with Crippen LogP contribution in [-0.4, -0.2) is 23.3 Å². The molecular weight excluding hydrogens is 394 g/mol. The molecule has 0 unspecified atom stereocenters. The second-order valence-corrected chi connectivity index (χ2v) is 7.51. The predicted molar refractivity (Wildman–Crippen MR) is 112 cm³/mol. The summed E-state index contributed by atoms with van der Waals surface area (Å²) in [5, 5.41) is 6.63. The third-order valence-corrected chi connectivity index (χ3v) is 5.06. The van der Waals surface area contributed by atoms with E-state index in [0.717, 1.165) is 15.5 Å². The van der Waals surface area contributed by atoms with E-state index in [-0.39, 0.29) is 18.4 Å². The Hall–Kier alpha value is -2.83. The summed E-state index contributed by atoms with van der Waals surface area (Å²) in [5.74, 6) is -0.666. The molecule has 2 aromatic carbocycles. The number of halogens is 1. The Morgan fingerprint density at radius 1 is 1.07 bits per heavy atom. The molecule has 0 saturated heterocycles. The van der Waals surface area contributed by atoms with Crippen molar-refractivity contribution in [1.29, 1.82) is 0 Å². The van der Waals surface area contributed by atoms with E-state index in [2.05, 4.69) is 15.6 Å². The van der Waals surface area contributed by atoms with Gasteiger partial charge >= 0.3 is 0 Å². The second-order valence-electron chi connectivity index (χ2n) is 6.01. The minimum absolute atomic E-state index is 0.145. The van der Waals surface area contributed by atoms with Crippen LogP contribution in [0.1, 0.15) is 15.9 Å². The number of nitrogens with zero attached hydrogens (tertiary/aromatic N) is 1. The van der Waals surface area contributed by atoms with Crippen molar-refractivity contribution in [2.24, 2.45) is 0 Å². The molecule has 0 aliphatic carbocycles. The van der Waals surface area contributed by atoms with Crippen molar-refractivity contribution >= 4 is 40.9 Å². The van der Waals surface area contributed by atoms with Crippen LogP contribution in [0.15, 0.2) is 76.8 Å². The Morgan fingerprint density at radius 3 is 2.54 bits per heavy atom. The summed E-state index contributed by atoms with van der Waals surface area (Å²) < 4.78 is 0. The number of carbonyl (C=O) groups is 2. The predicted octanol–water partition coefficient (Wildman–Crippen LogP) is 4.56. The van der Waals surface area contributed by atoms with Crippen molar-refractivity contribution in [3.05, 3.63) is 83.0 Å². The number of rotatable bonds is 6. The van der Waals surface area contributed by atoms with E-state index in [1.165, 1.54) is 11.8 Å². The topological polar surface area (TPSA) is 71.1 Å². The quantitative estimate of drug-likeness (QED) is 0.623. The Kier molecular flexibility index (Phi) is 6.68. The fraction of sp³-hybridized carbons (Fsp3) is 0.0952. The largest absolute Gasteiger partial charge is 0.343 e. The number of aryl methyl sites for hydroxylation is 1. The lowest BCUT2D eigenvalue weighted by molar-refractivity contribution is -0.115. The fourth-order valence-corrected chi connectivity index (χ4v) is 3.44. The van der Waals surface area contributed by atoms with E-state index in [1.807, 2.05) is 43.3 Å². The van der Waals surface area contributed by atoms with Crippen LogP contribution in [-0.2, 0) is 4.79 Å². The molecule has 0 spiro atoms. The van der Waals surface area contributed by atoms with Gasteiger partial charge in [-0.25, -0.2) is 4.98 Å². The molecule has 1 heterocycles. The first-order valence-corrected chi connectivity index (χ1v) is 9.74. The molecule has 5 nitrogen and oxygen atoms in total. The van der Waals surface area contributed by atoms with E-state index >= 15 is 0 Å². The average Bonchev–Trinajstić information content (AvgIpc) is 2.70. The molecule has 0 radical (unpaired) electrons. The highest BCUT2D eigenvalue weighted by Gasteiger charge is 2.10. The summed E-state index contributed by atoms with van der Waals surface area (Å²) in [5.41, 5.74) is 2.00. The summed E-state index contributed by atoms with van der Waals surface area (Å²) in [4.78, 5) is 29.5. The minimum Gasteiger partial charge on any atom is -0.343 e. The maximum atomic E-state index is 12.2. The highest BCUT2D eigenvalue weighted by molar-refractivity contribution is 7.99. The molecule has 0 atom stereocenters. The Balaban J connectivity index is 1.52. The summed E-state index contributed by atoms with van der Waals surface area (Å²) >= 11 is 7.61. The van der Waals surface area contributed by atoms with Crippen LogP contribution < -0.4 is 10.6 Å². The van der Waals surface area contributed by atoms with Gasteiger partial charge in [0.25, 0.3) is 5.91 Å². The van der Waals surface area contributed by atoms with Crippen LogP contribution in [0.25, 0.3) is 0 Å². The number of nitrogens with one attached hydrogen (secondary N) is 2. The van der Waals surface area contributed by atoms with E-state index in [9.17, 15) is 9.59 Å². The van der Waals surface area contributed by atoms with Crippen molar-refractivity contribution in [3.63, 3.8) is 0 Å². The maximum absolute atomic E-state index is 12.2. The van der Waals surface area contributed by atoms with Crippen LogP contribution >= 0.6 is 23.4 Å². The van der Waals surface area contributed by atoms with Gasteiger partial charge < -0.3 is 10.6 Å². The zero-order valence-electron chi connectivity index (χ0n) is 15.1. The first kappa shape index (κ1) is 19.9. The van der Waals surface area contributed by atoms with Crippen molar-refractivity contribution in [3.8, 4) is 0 Å². The molecular formula is C21H18ClN3O2S. The van der Waals surface area contributed by atoms with Crippen molar-refractivity contribution in [2.75, 3.05) is 11.9 Å². The van der Waals surface area contributed by atoms with Gasteiger partial charge in [-0.3, -0.25) is 9.59 Å². The van der Waals surface area contributed by atoms with Gasteiger partial charge in [0.2, 0.25) is 5.91 Å². The average molecular weight is 412 g/mol. The molecule has 0 saturated carbocycles. The molecule has 28 heavy (non-hydrogen) atoms. The highest BCUT2D eigenvalue weighted by atomic mass is 35.5. The molecule has 1 aromatic heterocycles. The van der Waals surface area contributed by atoms with Gasteiger partial charge in [-0.1, -0.05) is 35.5 Å². The molecule has 3 aromatic rings. The lowest BCUT2D eigenvalue weighted by atomic mass is 10.2. The van der Waals surface area contributed by atoms with Crippen LogP contribution in [0.4, 0.5) is 5.69 Å². The summed E-state index contributed by atoms with van der Waals surface area (Å²) in [7, 11) is 0. The van der Waals surface area contributed by atoms with Gasteiger partial charge in [-0.2, -0.15) is 0 Å². The maximum Gasteiger partial charge on any atom is 0.251 e. The molecule has 2 N–H and O–H groups in total. The summed E-state index contributed by atoms with van der Waals surface area (Å²) in [6.07, 6.45) is 1.74. The number of anilines is 1. The number of hydrogen-bond donors (Lipinski definition) is 2. The molecule has 2 amide bonds. The third-order valence-electron chi connectivity index (χ3n) is 3.78. The number of amides is 2. The highest BCUT2D eigenvalue weighted by Crippen LogP contribution is 2.25. The lowest BCUT2D eigenvalue weighted by Gasteiger charge is -2.09. The standard InChI is InChI=1S/C21H18ClN3O2S/c1-14-5-10-18(17(22)12-14)25-19(26)13-24-21(27)15-6-8-16(9-7-15)28-20-4-2-3-11-23-20/h2-12H,13H2,1H3,(H,24,27)(H,25,26). The van der Waals surface area contributed by atoms with Gasteiger partial charge in [0.05, 0.1) is 17.3 Å². The SMILES string of the molecule is Cc1ccc(NC(=O)CNC(=O)c2ccc(Sc3ccccn3)cc2)c(Cl)c1. The molecule has 0 fully saturated rings. The normalized spacial score (nSPS) is 10.4. The van der Waals surface area contributed by atoms with Crippen LogP contribution in [0.2, 0.25) is 5.02 Å². The monoisotopic (exact) mass is 411 g/mol.